The van der Waals surface area contributed by atoms with Gasteiger partial charge < -0.3 is 0 Å². The maximum atomic E-state index is 7.19. The molecule has 1 aliphatic carbocycles. The van der Waals surface area contributed by atoms with E-state index in [0.29, 0.717) is 0 Å². The van der Waals surface area contributed by atoms with Gasteiger partial charge in [0.15, 0.2) is 0 Å². The highest BCUT2D eigenvalue weighted by Crippen LogP contribution is 2.07. The van der Waals surface area contributed by atoms with E-state index in [2.05, 4.69) is 0 Å². The van der Waals surface area contributed by atoms with Gasteiger partial charge in [0, 0.05) is 2.74 Å². The standard InChI is InChI=1S/C6H10/c1-2-4-6-5-3-1/h1-2H,3-6H2/i3D,4D. The van der Waals surface area contributed by atoms with Gasteiger partial charge in [-0.25, -0.2) is 0 Å². The fourth-order valence-corrected chi connectivity index (χ4v) is 0.542. The zero-order valence-electron chi connectivity index (χ0n) is 5.72. The van der Waals surface area contributed by atoms with Crippen LogP contribution in [0, 0.1) is 0 Å². The third kappa shape index (κ3) is 0.852. The fraction of sp³-hybridized carbons (Fsp3) is 0.667. The Morgan fingerprint density at radius 2 is 1.67 bits per heavy atom. The van der Waals surface area contributed by atoms with Crippen LogP contribution in [0.3, 0.4) is 0 Å². The van der Waals surface area contributed by atoms with Crippen molar-refractivity contribution in [1.82, 2.24) is 0 Å². The summed E-state index contributed by atoms with van der Waals surface area (Å²) in [5.74, 6) is 0. The summed E-state index contributed by atoms with van der Waals surface area (Å²) in [6.45, 7) is 0. The van der Waals surface area contributed by atoms with E-state index in [0.717, 1.165) is 12.8 Å². The summed E-state index contributed by atoms with van der Waals surface area (Å²) in [6.07, 6.45) is 5.28. The molecule has 0 heterocycles. The van der Waals surface area contributed by atoms with E-state index in [4.69, 9.17) is 2.74 Å². The molecule has 2 atom stereocenters. The van der Waals surface area contributed by atoms with Crippen LogP contribution in [-0.2, 0) is 0 Å². The molecule has 0 aromatic heterocycles. The Morgan fingerprint density at radius 3 is 2.00 bits per heavy atom. The lowest BCUT2D eigenvalue weighted by atomic mass is 10.1. The normalized spacial score (nSPS) is 50.7. The first-order chi connectivity index (χ1) is 3.79. The van der Waals surface area contributed by atoms with Crippen LogP contribution in [0.15, 0.2) is 12.2 Å². The smallest absolute Gasteiger partial charge is 0.0310 e. The van der Waals surface area contributed by atoms with Crippen molar-refractivity contribution in [3.05, 3.63) is 12.2 Å². The van der Waals surface area contributed by atoms with E-state index in [-0.39, 0.29) is 12.8 Å². The van der Waals surface area contributed by atoms with E-state index in [1.165, 1.54) is 0 Å². The molecule has 2 unspecified atom stereocenters. The molecule has 0 saturated carbocycles. The van der Waals surface area contributed by atoms with Gasteiger partial charge in [-0.15, -0.1) is 0 Å². The van der Waals surface area contributed by atoms with Crippen molar-refractivity contribution in [3.8, 4) is 0 Å². The molecule has 0 bridgehead atoms. The predicted octanol–water partition coefficient (Wildman–Crippen LogP) is 2.12. The van der Waals surface area contributed by atoms with Crippen LogP contribution in [-0.4, -0.2) is 0 Å². The number of hydrogen-bond donors (Lipinski definition) is 0. The minimum Gasteiger partial charge on any atom is -0.0885 e. The Kier molecular flexibility index (Phi) is 0.722. The summed E-state index contributed by atoms with van der Waals surface area (Å²) < 4.78 is 14.4. The molecule has 0 nitrogen and oxygen atoms in total. The van der Waals surface area contributed by atoms with E-state index < -0.39 is 0 Å². The summed E-state index contributed by atoms with van der Waals surface area (Å²) in [7, 11) is 0. The van der Waals surface area contributed by atoms with Crippen molar-refractivity contribution in [2.24, 2.45) is 0 Å². The van der Waals surface area contributed by atoms with Crippen molar-refractivity contribution in [2.45, 2.75) is 25.6 Å². The molecule has 34 valence electrons. The Bertz CT molecular complexity index is 86.7. The maximum absolute atomic E-state index is 7.19. The molecule has 0 spiro atoms. The van der Waals surface area contributed by atoms with Gasteiger partial charge in [-0.3, -0.25) is 0 Å². The molecule has 6 heavy (non-hydrogen) atoms. The lowest BCUT2D eigenvalue weighted by Crippen LogP contribution is -1.77. The highest BCUT2D eigenvalue weighted by atomic mass is 13.9. The second-order valence-electron chi connectivity index (χ2n) is 1.43. The summed E-state index contributed by atoms with van der Waals surface area (Å²) >= 11 is 0. The minimum absolute atomic E-state index is 0.0309. The van der Waals surface area contributed by atoms with Crippen molar-refractivity contribution < 1.29 is 2.74 Å². The molecule has 0 fully saturated rings. The zero-order valence-corrected chi connectivity index (χ0v) is 3.72. The topological polar surface area (TPSA) is 0 Å². The average Bonchev–Trinajstić information content (AvgIpc) is 1.77. The lowest BCUT2D eigenvalue weighted by Gasteiger charge is -1.97. The highest BCUT2D eigenvalue weighted by Gasteiger charge is 1.87. The first-order valence-corrected chi connectivity index (χ1v) is 2.32. The fourth-order valence-electron chi connectivity index (χ4n) is 0.542. The van der Waals surface area contributed by atoms with Gasteiger partial charge >= 0.3 is 0 Å². The quantitative estimate of drug-likeness (QED) is 0.394. The summed E-state index contributed by atoms with van der Waals surface area (Å²) in [4.78, 5) is 0. The minimum atomic E-state index is -0.0309. The number of hydrogen-bond acceptors (Lipinski definition) is 0. The van der Waals surface area contributed by atoms with Crippen LogP contribution in [0.2, 0.25) is 0 Å². The molecule has 1 rings (SSSR count). The van der Waals surface area contributed by atoms with E-state index in [1.54, 1.807) is 12.2 Å². The van der Waals surface area contributed by atoms with Gasteiger partial charge in [0.1, 0.15) is 0 Å². The Balaban J connectivity index is 2.42. The van der Waals surface area contributed by atoms with Crippen molar-refractivity contribution >= 4 is 0 Å². The molecule has 1 aliphatic rings. The Labute approximate surface area is 41.7 Å². The third-order valence-electron chi connectivity index (χ3n) is 0.883. The van der Waals surface area contributed by atoms with Crippen LogP contribution in [0.5, 0.6) is 0 Å². The zero-order chi connectivity index (χ0) is 5.98. The van der Waals surface area contributed by atoms with Crippen LogP contribution in [0.1, 0.15) is 28.4 Å². The van der Waals surface area contributed by atoms with Crippen molar-refractivity contribution in [2.75, 3.05) is 0 Å². The Hall–Kier alpha value is -0.260. The van der Waals surface area contributed by atoms with Crippen LogP contribution >= 0.6 is 0 Å². The molecule has 0 saturated heterocycles. The lowest BCUT2D eigenvalue weighted by molar-refractivity contribution is 0.730. The monoisotopic (exact) mass is 84.1 g/mol. The first kappa shape index (κ1) is 2.15. The summed E-state index contributed by atoms with van der Waals surface area (Å²) in [6, 6.07) is 0. The molecule has 0 aromatic rings. The van der Waals surface area contributed by atoms with Crippen molar-refractivity contribution in [1.29, 1.82) is 0 Å². The highest BCUT2D eigenvalue weighted by molar-refractivity contribution is 4.85. The number of allylic oxidation sites excluding steroid dienone is 2. The largest absolute Gasteiger partial charge is 0.0885 e. The van der Waals surface area contributed by atoms with Gasteiger partial charge in [-0.2, -0.15) is 0 Å². The molecular formula is C6H10. The van der Waals surface area contributed by atoms with E-state index in [9.17, 15) is 0 Å². The van der Waals surface area contributed by atoms with Gasteiger partial charge in [0.2, 0.25) is 0 Å². The molecule has 0 radical (unpaired) electrons. The van der Waals surface area contributed by atoms with Gasteiger partial charge in [-0.1, -0.05) is 12.2 Å². The van der Waals surface area contributed by atoms with Crippen molar-refractivity contribution in [3.63, 3.8) is 0 Å². The molecular weight excluding hydrogens is 72.1 g/mol. The van der Waals surface area contributed by atoms with Crippen LogP contribution in [0.4, 0.5) is 0 Å². The van der Waals surface area contributed by atoms with Crippen LogP contribution < -0.4 is 0 Å². The SMILES string of the molecule is [2H]C1C=CC([2H])CC1. The second kappa shape index (κ2) is 2.01. The van der Waals surface area contributed by atoms with Gasteiger partial charge in [0.25, 0.3) is 0 Å². The third-order valence-corrected chi connectivity index (χ3v) is 0.883. The van der Waals surface area contributed by atoms with E-state index >= 15 is 0 Å². The maximum Gasteiger partial charge on any atom is 0.0310 e. The molecule has 0 heteroatoms. The van der Waals surface area contributed by atoms with Gasteiger partial charge in [-0.05, 0) is 25.6 Å². The second-order valence-corrected chi connectivity index (χ2v) is 1.43. The number of rotatable bonds is 0. The summed E-state index contributed by atoms with van der Waals surface area (Å²) in [5, 5.41) is 0. The summed E-state index contributed by atoms with van der Waals surface area (Å²) in [5.41, 5.74) is 0. The molecule has 0 aliphatic heterocycles. The van der Waals surface area contributed by atoms with Crippen LogP contribution in [0.25, 0.3) is 0 Å². The molecule has 0 amide bonds. The predicted molar refractivity (Wildman–Crippen MR) is 27.6 cm³/mol. The first-order valence-electron chi connectivity index (χ1n) is 3.47. The van der Waals surface area contributed by atoms with Gasteiger partial charge in [0.05, 0.1) is 0 Å². The molecule has 0 aromatic carbocycles. The van der Waals surface area contributed by atoms with E-state index in [1.807, 2.05) is 0 Å². The average molecular weight is 84.2 g/mol. The molecule has 0 N–H and O–H groups in total. The Morgan fingerprint density at radius 1 is 1.17 bits per heavy atom.